The number of rotatable bonds is 4. The van der Waals surface area contributed by atoms with Crippen molar-refractivity contribution in [2.75, 3.05) is 5.75 Å². The van der Waals surface area contributed by atoms with Crippen molar-refractivity contribution in [3.05, 3.63) is 0 Å². The van der Waals surface area contributed by atoms with Gasteiger partial charge in [0.1, 0.15) is 0 Å². The maximum absolute atomic E-state index is 10.1. The van der Waals surface area contributed by atoms with Gasteiger partial charge in [-0.3, -0.25) is 4.79 Å². The monoisotopic (exact) mass is 166 g/mol. The van der Waals surface area contributed by atoms with E-state index in [2.05, 4.69) is 0 Å². The molecule has 0 radical (unpaired) electrons. The van der Waals surface area contributed by atoms with Gasteiger partial charge in [0.25, 0.3) is 0 Å². The predicted molar refractivity (Wildman–Crippen MR) is 37.1 cm³/mol. The highest BCUT2D eigenvalue weighted by molar-refractivity contribution is 7.79. The van der Waals surface area contributed by atoms with E-state index in [1.165, 1.54) is 0 Å². The van der Waals surface area contributed by atoms with Crippen LogP contribution >= 0.6 is 0 Å². The molecule has 0 rings (SSSR count). The van der Waals surface area contributed by atoms with Crippen LogP contribution in [0.4, 0.5) is 0 Å². The molecule has 0 aliphatic rings. The standard InChI is InChI=1S/C5H10O4S/c1-4(2-5(6)7)3-10(8)9/h4H,2-3H2,1H3,(H,6,7)(H,8,9). The fraction of sp³-hybridized carbons (Fsp3) is 0.800. The van der Waals surface area contributed by atoms with Crippen molar-refractivity contribution in [2.45, 2.75) is 13.3 Å². The molecule has 0 aliphatic carbocycles. The molecule has 0 fully saturated rings. The predicted octanol–water partition coefficient (Wildman–Crippen LogP) is 0.319. The van der Waals surface area contributed by atoms with Crippen molar-refractivity contribution in [3.63, 3.8) is 0 Å². The molecule has 0 amide bonds. The fourth-order valence-electron chi connectivity index (χ4n) is 0.600. The van der Waals surface area contributed by atoms with Gasteiger partial charge in [-0.25, -0.2) is 4.21 Å². The Bertz CT molecular complexity index is 129. The minimum absolute atomic E-state index is 0.0340. The van der Waals surface area contributed by atoms with E-state index < -0.39 is 17.0 Å². The molecule has 0 aromatic carbocycles. The second-order valence-corrected chi connectivity index (χ2v) is 3.17. The van der Waals surface area contributed by atoms with Gasteiger partial charge in [0.2, 0.25) is 0 Å². The molecule has 2 N–H and O–H groups in total. The lowest BCUT2D eigenvalue weighted by Gasteiger charge is -2.02. The Morgan fingerprint density at radius 1 is 1.70 bits per heavy atom. The van der Waals surface area contributed by atoms with Gasteiger partial charge in [0.05, 0.1) is 5.75 Å². The van der Waals surface area contributed by atoms with Gasteiger partial charge in [-0.15, -0.1) is 0 Å². The van der Waals surface area contributed by atoms with Crippen molar-refractivity contribution in [2.24, 2.45) is 5.92 Å². The summed E-state index contributed by atoms with van der Waals surface area (Å²) >= 11 is -1.88. The van der Waals surface area contributed by atoms with Crippen molar-refractivity contribution in [1.82, 2.24) is 0 Å². The quantitative estimate of drug-likeness (QED) is 0.590. The van der Waals surface area contributed by atoms with E-state index in [1.807, 2.05) is 0 Å². The molecule has 10 heavy (non-hydrogen) atoms. The third-order valence-electron chi connectivity index (χ3n) is 0.950. The van der Waals surface area contributed by atoms with Crippen LogP contribution in [0.5, 0.6) is 0 Å². The molecule has 0 aromatic heterocycles. The van der Waals surface area contributed by atoms with Crippen LogP contribution in [0, 0.1) is 5.92 Å². The summed E-state index contributed by atoms with van der Waals surface area (Å²) in [5.74, 6) is -1.13. The number of hydrogen-bond donors (Lipinski definition) is 2. The van der Waals surface area contributed by atoms with E-state index in [0.717, 1.165) is 0 Å². The van der Waals surface area contributed by atoms with Crippen LogP contribution in [0.1, 0.15) is 13.3 Å². The number of carbonyl (C=O) groups is 1. The molecule has 4 nitrogen and oxygen atoms in total. The minimum atomic E-state index is -1.88. The van der Waals surface area contributed by atoms with E-state index in [-0.39, 0.29) is 18.1 Å². The van der Waals surface area contributed by atoms with Gasteiger partial charge in [0, 0.05) is 6.42 Å². The first-order chi connectivity index (χ1) is 4.52. The molecule has 0 aromatic rings. The molecule has 0 bridgehead atoms. The number of carboxylic acid groups (broad SMARTS) is 1. The molecule has 0 saturated heterocycles. The van der Waals surface area contributed by atoms with Gasteiger partial charge in [-0.05, 0) is 5.92 Å². The Morgan fingerprint density at radius 2 is 2.20 bits per heavy atom. The van der Waals surface area contributed by atoms with Gasteiger partial charge < -0.3 is 9.66 Å². The maximum atomic E-state index is 10.1. The first kappa shape index (κ1) is 9.58. The fourth-order valence-corrected chi connectivity index (χ4v) is 1.21. The molecule has 0 aliphatic heterocycles. The smallest absolute Gasteiger partial charge is 0.303 e. The largest absolute Gasteiger partial charge is 0.481 e. The lowest BCUT2D eigenvalue weighted by atomic mass is 10.1. The third-order valence-corrected chi connectivity index (χ3v) is 1.80. The Labute approximate surface area is 61.5 Å². The lowest BCUT2D eigenvalue weighted by Crippen LogP contribution is -2.11. The summed E-state index contributed by atoms with van der Waals surface area (Å²) < 4.78 is 18.4. The minimum Gasteiger partial charge on any atom is -0.481 e. The molecule has 60 valence electrons. The van der Waals surface area contributed by atoms with Crippen molar-refractivity contribution in [3.8, 4) is 0 Å². The van der Waals surface area contributed by atoms with Crippen molar-refractivity contribution >= 4 is 17.0 Å². The molecule has 0 heterocycles. The topological polar surface area (TPSA) is 74.6 Å². The third kappa shape index (κ3) is 5.71. The maximum Gasteiger partial charge on any atom is 0.303 e. The van der Waals surface area contributed by atoms with Gasteiger partial charge >= 0.3 is 5.97 Å². The number of hydrogen-bond acceptors (Lipinski definition) is 2. The highest BCUT2D eigenvalue weighted by atomic mass is 32.2. The average molecular weight is 166 g/mol. The normalized spacial score (nSPS) is 16.2. The Kier molecular flexibility index (Phi) is 4.22. The van der Waals surface area contributed by atoms with E-state index in [1.54, 1.807) is 6.92 Å². The zero-order valence-corrected chi connectivity index (χ0v) is 6.43. The lowest BCUT2D eigenvalue weighted by molar-refractivity contribution is -0.137. The molecule has 0 saturated carbocycles. The van der Waals surface area contributed by atoms with Crippen LogP contribution in [0.15, 0.2) is 0 Å². The second kappa shape index (κ2) is 4.40. The Hall–Kier alpha value is -0.420. The summed E-state index contributed by atoms with van der Waals surface area (Å²) in [6.07, 6.45) is -0.0493. The van der Waals surface area contributed by atoms with Crippen molar-refractivity contribution in [1.29, 1.82) is 0 Å². The van der Waals surface area contributed by atoms with Crippen LogP contribution < -0.4 is 0 Å². The zero-order chi connectivity index (χ0) is 8.15. The number of aliphatic carboxylic acids is 1. The number of carboxylic acids is 1. The summed E-state index contributed by atoms with van der Waals surface area (Å²) in [6, 6.07) is 0. The summed E-state index contributed by atoms with van der Waals surface area (Å²) in [5, 5.41) is 8.22. The highest BCUT2D eigenvalue weighted by Crippen LogP contribution is 2.01. The molecule has 2 atom stereocenters. The Balaban J connectivity index is 3.53. The SMILES string of the molecule is CC(CC(=O)O)CS(=O)O. The van der Waals surface area contributed by atoms with Crippen LogP contribution in [-0.4, -0.2) is 25.6 Å². The summed E-state index contributed by atoms with van der Waals surface area (Å²) in [6.45, 7) is 1.63. The van der Waals surface area contributed by atoms with E-state index in [9.17, 15) is 9.00 Å². The molecule has 5 heteroatoms. The summed E-state index contributed by atoms with van der Waals surface area (Å²) in [4.78, 5) is 10.0. The van der Waals surface area contributed by atoms with Crippen LogP contribution in [0.3, 0.4) is 0 Å². The van der Waals surface area contributed by atoms with Crippen LogP contribution in [-0.2, 0) is 15.9 Å². The summed E-state index contributed by atoms with van der Waals surface area (Å²) in [5.41, 5.74) is 0. The molecular formula is C5H10O4S. The zero-order valence-electron chi connectivity index (χ0n) is 5.61. The highest BCUT2D eigenvalue weighted by Gasteiger charge is 2.09. The van der Waals surface area contributed by atoms with Crippen LogP contribution in [0.25, 0.3) is 0 Å². The molecule has 2 unspecified atom stereocenters. The van der Waals surface area contributed by atoms with Crippen molar-refractivity contribution < 1.29 is 18.7 Å². The van der Waals surface area contributed by atoms with Gasteiger partial charge in [-0.2, -0.15) is 0 Å². The Morgan fingerprint density at radius 3 is 2.50 bits per heavy atom. The van der Waals surface area contributed by atoms with E-state index >= 15 is 0 Å². The van der Waals surface area contributed by atoms with Crippen LogP contribution in [0.2, 0.25) is 0 Å². The molecule has 0 spiro atoms. The summed E-state index contributed by atoms with van der Waals surface area (Å²) in [7, 11) is 0. The first-order valence-corrected chi connectivity index (χ1v) is 4.09. The van der Waals surface area contributed by atoms with E-state index in [0.29, 0.717) is 0 Å². The van der Waals surface area contributed by atoms with E-state index in [4.69, 9.17) is 9.66 Å². The first-order valence-electron chi connectivity index (χ1n) is 2.81. The second-order valence-electron chi connectivity index (χ2n) is 2.19. The average Bonchev–Trinajstić information content (AvgIpc) is 1.58. The van der Waals surface area contributed by atoms with Gasteiger partial charge in [-0.1, -0.05) is 6.92 Å². The van der Waals surface area contributed by atoms with Gasteiger partial charge in [0.15, 0.2) is 11.1 Å². The molecular weight excluding hydrogens is 156 g/mol.